The number of imidazole rings is 1. The molecule has 0 aliphatic heterocycles. The minimum atomic E-state index is -1.00. The first-order valence-corrected chi connectivity index (χ1v) is 11.3. The summed E-state index contributed by atoms with van der Waals surface area (Å²) < 4.78 is 14.9. The van der Waals surface area contributed by atoms with Gasteiger partial charge >= 0.3 is 6.09 Å². The molecule has 0 bridgehead atoms. The molecule has 5 rings (SSSR count). The van der Waals surface area contributed by atoms with E-state index in [-0.39, 0.29) is 23.5 Å². The van der Waals surface area contributed by atoms with Crippen LogP contribution in [0, 0.1) is 5.95 Å². The van der Waals surface area contributed by atoms with Crippen molar-refractivity contribution in [1.29, 1.82) is 0 Å². The maximum atomic E-state index is 13.4. The first kappa shape index (κ1) is 21.9. The first-order chi connectivity index (χ1) is 16.4. The molecule has 5 N–H and O–H groups in total. The fourth-order valence-corrected chi connectivity index (χ4v) is 4.19. The van der Waals surface area contributed by atoms with Crippen LogP contribution in [0.2, 0.25) is 0 Å². The smallest absolute Gasteiger partial charge is 0.404 e. The molecule has 178 valence electrons. The van der Waals surface area contributed by atoms with E-state index in [1.54, 1.807) is 0 Å². The van der Waals surface area contributed by atoms with E-state index in [1.807, 2.05) is 6.07 Å². The van der Waals surface area contributed by atoms with Crippen molar-refractivity contribution in [3.8, 4) is 0 Å². The molecule has 34 heavy (non-hydrogen) atoms. The zero-order valence-corrected chi connectivity index (χ0v) is 18.3. The molecule has 2 saturated carbocycles. The maximum Gasteiger partial charge on any atom is 0.404 e. The Hall–Kier alpha value is -3.96. The summed E-state index contributed by atoms with van der Waals surface area (Å²) >= 11 is 0. The van der Waals surface area contributed by atoms with E-state index in [2.05, 4.69) is 36.3 Å². The van der Waals surface area contributed by atoms with Gasteiger partial charge in [0.1, 0.15) is 5.82 Å². The number of nitrogens with zero attached hydrogens (tertiary/aromatic N) is 4. The van der Waals surface area contributed by atoms with E-state index in [0.717, 1.165) is 50.3 Å². The zero-order chi connectivity index (χ0) is 23.7. The van der Waals surface area contributed by atoms with E-state index in [4.69, 9.17) is 5.11 Å². The highest BCUT2D eigenvalue weighted by Gasteiger charge is 2.26. The molecule has 2 aliphatic rings. The Kier molecular flexibility index (Phi) is 5.86. The van der Waals surface area contributed by atoms with Gasteiger partial charge in [-0.15, -0.1) is 5.10 Å². The van der Waals surface area contributed by atoms with Crippen LogP contribution in [-0.2, 0) is 0 Å². The Balaban J connectivity index is 1.38. The third-order valence-corrected chi connectivity index (χ3v) is 6.03. The Morgan fingerprint density at radius 1 is 1.00 bits per heavy atom. The van der Waals surface area contributed by atoms with Gasteiger partial charge in [-0.25, -0.2) is 19.3 Å². The highest BCUT2D eigenvalue weighted by atomic mass is 19.1. The third kappa shape index (κ3) is 5.00. The zero-order valence-electron chi connectivity index (χ0n) is 18.3. The molecule has 2 amide bonds. The quantitative estimate of drug-likeness (QED) is 0.333. The summed E-state index contributed by atoms with van der Waals surface area (Å²) in [5.41, 5.74) is 1.79. The number of anilines is 3. The highest BCUT2D eigenvalue weighted by Crippen LogP contribution is 2.30. The lowest BCUT2D eigenvalue weighted by Crippen LogP contribution is -2.39. The number of nitrogens with one attached hydrogen (secondary N) is 4. The number of fused-ring (bicyclic) bond motifs is 1. The van der Waals surface area contributed by atoms with E-state index < -0.39 is 17.9 Å². The van der Waals surface area contributed by atoms with Crippen molar-refractivity contribution in [3.05, 3.63) is 42.2 Å². The van der Waals surface area contributed by atoms with Crippen molar-refractivity contribution in [3.63, 3.8) is 0 Å². The van der Waals surface area contributed by atoms with Gasteiger partial charge in [-0.3, -0.25) is 4.79 Å². The van der Waals surface area contributed by atoms with E-state index in [0.29, 0.717) is 17.5 Å². The molecule has 3 aromatic rings. The van der Waals surface area contributed by atoms with E-state index >= 15 is 0 Å². The van der Waals surface area contributed by atoms with E-state index in [9.17, 15) is 14.0 Å². The first-order valence-electron chi connectivity index (χ1n) is 11.3. The van der Waals surface area contributed by atoms with Crippen LogP contribution in [0.4, 0.5) is 26.4 Å². The lowest BCUT2D eigenvalue weighted by atomic mass is 9.91. The summed E-state index contributed by atoms with van der Waals surface area (Å²) in [5, 5.41) is 25.6. The molecule has 3 heterocycles. The average molecular weight is 468 g/mol. The van der Waals surface area contributed by atoms with Gasteiger partial charge in [-0.1, -0.05) is 0 Å². The Morgan fingerprint density at radius 3 is 2.41 bits per heavy atom. The lowest BCUT2D eigenvalue weighted by molar-refractivity contribution is 0.102. The summed E-state index contributed by atoms with van der Waals surface area (Å²) in [5.74, 6) is -0.572. The van der Waals surface area contributed by atoms with Gasteiger partial charge in [-0.05, 0) is 44.6 Å². The van der Waals surface area contributed by atoms with Crippen molar-refractivity contribution in [1.82, 2.24) is 24.9 Å². The van der Waals surface area contributed by atoms with E-state index in [1.165, 1.54) is 23.0 Å². The predicted octanol–water partition coefficient (Wildman–Crippen LogP) is 3.08. The molecule has 12 heteroatoms. The largest absolute Gasteiger partial charge is 0.465 e. The molecule has 0 unspecified atom stereocenters. The number of aromatic nitrogens is 4. The number of halogens is 1. The molecular formula is C22H25FN8O3. The Labute approximate surface area is 194 Å². The average Bonchev–Trinajstić information content (AvgIpc) is 3.50. The van der Waals surface area contributed by atoms with Gasteiger partial charge in [-0.2, -0.15) is 4.39 Å². The van der Waals surface area contributed by atoms with Crippen LogP contribution in [0.15, 0.2) is 30.6 Å². The highest BCUT2D eigenvalue weighted by molar-refractivity contribution is 6.03. The number of carbonyl (C=O) groups excluding carboxylic acids is 1. The van der Waals surface area contributed by atoms with Crippen LogP contribution < -0.4 is 21.3 Å². The summed E-state index contributed by atoms with van der Waals surface area (Å²) in [7, 11) is 0. The number of hydrogen-bond acceptors (Lipinski definition) is 7. The standard InChI is InChI=1S/C22H25FN8O3/c23-18-9-15(7-8-24-18)28-21(32)17-11-25-20-16(26-12-1-2-12)10-19(30-31(17)20)27-13-3-5-14(6-4-13)29-22(33)34/h7-14,26,29H,1-6H2,(H,27,30)(H,33,34)(H,24,28,32)/t13-,14-. The summed E-state index contributed by atoms with van der Waals surface area (Å²) in [6.45, 7) is 0. The molecule has 0 atom stereocenters. The van der Waals surface area contributed by atoms with Crippen molar-refractivity contribution >= 4 is 34.8 Å². The molecule has 3 aromatic heterocycles. The summed E-state index contributed by atoms with van der Waals surface area (Å²) in [4.78, 5) is 31.7. The molecule has 2 fully saturated rings. The van der Waals surface area contributed by atoms with Crippen LogP contribution in [-0.4, -0.2) is 54.8 Å². The third-order valence-electron chi connectivity index (χ3n) is 6.03. The molecule has 0 radical (unpaired) electrons. The predicted molar refractivity (Wildman–Crippen MR) is 123 cm³/mol. The molecule has 0 aromatic carbocycles. The number of carbonyl (C=O) groups is 2. The molecule has 0 spiro atoms. The molecule has 2 aliphatic carbocycles. The number of carboxylic acid groups (broad SMARTS) is 1. The van der Waals surface area contributed by atoms with Gasteiger partial charge in [0.05, 0.1) is 11.9 Å². The normalized spacial score (nSPS) is 20.0. The van der Waals surface area contributed by atoms with Crippen LogP contribution in [0.3, 0.4) is 0 Å². The number of pyridine rings is 1. The summed E-state index contributed by atoms with van der Waals surface area (Å²) in [6, 6.07) is 4.98. The van der Waals surface area contributed by atoms with Crippen LogP contribution in [0.1, 0.15) is 49.0 Å². The minimum Gasteiger partial charge on any atom is -0.465 e. The van der Waals surface area contributed by atoms with Crippen molar-refractivity contribution < 1.29 is 19.1 Å². The fourth-order valence-electron chi connectivity index (χ4n) is 4.19. The number of amides is 2. The van der Waals surface area contributed by atoms with Crippen LogP contribution >= 0.6 is 0 Å². The second-order valence-corrected chi connectivity index (χ2v) is 8.70. The monoisotopic (exact) mass is 468 g/mol. The van der Waals surface area contributed by atoms with Crippen LogP contribution in [0.25, 0.3) is 5.65 Å². The molecule has 0 saturated heterocycles. The number of hydrogen-bond donors (Lipinski definition) is 5. The van der Waals surface area contributed by atoms with Crippen molar-refractivity contribution in [2.45, 2.75) is 56.7 Å². The Morgan fingerprint density at radius 2 is 1.71 bits per heavy atom. The van der Waals surface area contributed by atoms with Crippen molar-refractivity contribution in [2.75, 3.05) is 16.0 Å². The maximum absolute atomic E-state index is 13.4. The lowest BCUT2D eigenvalue weighted by Gasteiger charge is -2.29. The van der Waals surface area contributed by atoms with Gasteiger partial charge in [0.2, 0.25) is 5.95 Å². The SMILES string of the molecule is O=C(O)N[C@H]1CC[C@H](Nc2cc(NC3CC3)c3ncc(C(=O)Nc4ccnc(F)c4)n3n2)CC1. The second-order valence-electron chi connectivity index (χ2n) is 8.70. The van der Waals surface area contributed by atoms with Gasteiger partial charge in [0.15, 0.2) is 11.3 Å². The van der Waals surface area contributed by atoms with Gasteiger partial charge in [0.25, 0.3) is 5.91 Å². The van der Waals surface area contributed by atoms with Crippen LogP contribution in [0.5, 0.6) is 0 Å². The molecule has 11 nitrogen and oxygen atoms in total. The van der Waals surface area contributed by atoms with Crippen molar-refractivity contribution in [2.24, 2.45) is 0 Å². The second kappa shape index (κ2) is 9.12. The molecular weight excluding hydrogens is 443 g/mol. The fraction of sp³-hybridized carbons (Fsp3) is 0.409. The minimum absolute atomic E-state index is 0.0416. The van der Waals surface area contributed by atoms with Gasteiger partial charge < -0.3 is 26.4 Å². The topological polar surface area (TPSA) is 146 Å². The number of rotatable bonds is 7. The van der Waals surface area contributed by atoms with Gasteiger partial charge in [0, 0.05) is 42.1 Å². The Bertz CT molecular complexity index is 1220. The summed E-state index contributed by atoms with van der Waals surface area (Å²) in [6.07, 6.45) is 6.92.